The van der Waals surface area contributed by atoms with E-state index in [1.54, 1.807) is 48.5 Å². The Labute approximate surface area is 174 Å². The standard InChI is InChI=1S/C22H16F4N2O3/c23-21(24)22(25,26)31-18-12-11-16(27-19(29)14-7-3-1-4-8-14)13-17(18)28-20(30)15-9-5-2-6-10-15/h1-13,21H,(H,27,29)(H,28,30). The fraction of sp³-hybridized carbons (Fsp3) is 0.0909. The van der Waals surface area contributed by atoms with Crippen LogP contribution in [0.5, 0.6) is 5.75 Å². The van der Waals surface area contributed by atoms with E-state index in [0.29, 0.717) is 5.56 Å². The predicted molar refractivity (Wildman–Crippen MR) is 107 cm³/mol. The molecule has 2 N–H and O–H groups in total. The maximum absolute atomic E-state index is 13.4. The fourth-order valence-corrected chi connectivity index (χ4v) is 2.56. The minimum Gasteiger partial charge on any atom is -0.426 e. The van der Waals surface area contributed by atoms with E-state index < -0.39 is 30.1 Å². The summed E-state index contributed by atoms with van der Waals surface area (Å²) in [5.41, 5.74) is 0.347. The molecule has 0 aliphatic heterocycles. The van der Waals surface area contributed by atoms with Gasteiger partial charge in [-0.3, -0.25) is 9.59 Å². The van der Waals surface area contributed by atoms with Gasteiger partial charge in [-0.05, 0) is 42.5 Å². The summed E-state index contributed by atoms with van der Waals surface area (Å²) in [5, 5.41) is 4.89. The quantitative estimate of drug-likeness (QED) is 0.490. The molecule has 0 aromatic heterocycles. The largest absolute Gasteiger partial charge is 0.461 e. The van der Waals surface area contributed by atoms with Crippen LogP contribution in [0.25, 0.3) is 0 Å². The van der Waals surface area contributed by atoms with Crippen LogP contribution in [0.2, 0.25) is 0 Å². The molecule has 0 fully saturated rings. The zero-order chi connectivity index (χ0) is 22.4. The van der Waals surface area contributed by atoms with Crippen molar-refractivity contribution in [2.45, 2.75) is 12.5 Å². The first-order valence-electron chi connectivity index (χ1n) is 8.98. The number of amides is 2. The third-order valence-electron chi connectivity index (χ3n) is 4.06. The van der Waals surface area contributed by atoms with Crippen LogP contribution < -0.4 is 15.4 Å². The molecule has 5 nitrogen and oxygen atoms in total. The van der Waals surface area contributed by atoms with Gasteiger partial charge in [0.25, 0.3) is 11.8 Å². The second-order valence-electron chi connectivity index (χ2n) is 6.32. The summed E-state index contributed by atoms with van der Waals surface area (Å²) in [6.07, 6.45) is -8.86. The highest BCUT2D eigenvalue weighted by molar-refractivity contribution is 6.07. The van der Waals surface area contributed by atoms with Crippen molar-refractivity contribution >= 4 is 23.2 Å². The number of rotatable bonds is 7. The van der Waals surface area contributed by atoms with Crippen LogP contribution in [0.1, 0.15) is 20.7 Å². The third kappa shape index (κ3) is 5.59. The Morgan fingerprint density at radius 1 is 0.774 bits per heavy atom. The van der Waals surface area contributed by atoms with Gasteiger partial charge in [-0.15, -0.1) is 0 Å². The highest BCUT2D eigenvalue weighted by Gasteiger charge is 2.44. The second-order valence-corrected chi connectivity index (χ2v) is 6.32. The van der Waals surface area contributed by atoms with Crippen molar-refractivity contribution in [1.29, 1.82) is 0 Å². The highest BCUT2D eigenvalue weighted by atomic mass is 19.3. The molecule has 3 aromatic carbocycles. The highest BCUT2D eigenvalue weighted by Crippen LogP contribution is 2.35. The van der Waals surface area contributed by atoms with Crippen molar-refractivity contribution < 1.29 is 31.9 Å². The Kier molecular flexibility index (Phi) is 6.54. The second kappa shape index (κ2) is 9.29. The minimum atomic E-state index is -4.78. The summed E-state index contributed by atoms with van der Waals surface area (Å²) in [4.78, 5) is 24.8. The van der Waals surface area contributed by atoms with Gasteiger partial charge in [-0.25, -0.2) is 0 Å². The number of anilines is 2. The normalized spacial score (nSPS) is 11.1. The van der Waals surface area contributed by atoms with E-state index >= 15 is 0 Å². The third-order valence-corrected chi connectivity index (χ3v) is 4.06. The van der Waals surface area contributed by atoms with E-state index in [-0.39, 0.29) is 16.9 Å². The first kappa shape index (κ1) is 21.8. The molecule has 0 bridgehead atoms. The molecular formula is C22H16F4N2O3. The molecule has 0 aliphatic rings. The number of nitrogens with one attached hydrogen (secondary N) is 2. The average molecular weight is 432 g/mol. The van der Waals surface area contributed by atoms with Crippen molar-refractivity contribution in [2.24, 2.45) is 0 Å². The molecule has 9 heteroatoms. The van der Waals surface area contributed by atoms with Crippen LogP contribution in [0.3, 0.4) is 0 Å². The summed E-state index contributed by atoms with van der Waals surface area (Å²) in [5.74, 6) is -1.86. The van der Waals surface area contributed by atoms with Gasteiger partial charge in [0.1, 0.15) is 5.75 Å². The predicted octanol–water partition coefficient (Wildman–Crippen LogP) is 5.43. The molecule has 0 saturated carbocycles. The van der Waals surface area contributed by atoms with Gasteiger partial charge in [0.05, 0.1) is 5.69 Å². The lowest BCUT2D eigenvalue weighted by Crippen LogP contribution is -2.33. The van der Waals surface area contributed by atoms with E-state index in [4.69, 9.17) is 0 Å². The van der Waals surface area contributed by atoms with Gasteiger partial charge >= 0.3 is 12.5 Å². The fourth-order valence-electron chi connectivity index (χ4n) is 2.56. The minimum absolute atomic E-state index is 0.130. The number of halogens is 4. The first-order valence-corrected chi connectivity index (χ1v) is 8.98. The van der Waals surface area contributed by atoms with Gasteiger partial charge < -0.3 is 15.4 Å². The molecule has 31 heavy (non-hydrogen) atoms. The summed E-state index contributed by atoms with van der Waals surface area (Å²) >= 11 is 0. The van der Waals surface area contributed by atoms with Crippen molar-refractivity contribution in [3.8, 4) is 5.75 Å². The number of carbonyl (C=O) groups excluding carboxylic acids is 2. The maximum atomic E-state index is 13.4. The molecule has 0 radical (unpaired) electrons. The number of benzene rings is 3. The van der Waals surface area contributed by atoms with Crippen LogP contribution in [0, 0.1) is 0 Å². The van der Waals surface area contributed by atoms with E-state index in [1.165, 1.54) is 18.2 Å². The molecular weight excluding hydrogens is 416 g/mol. The lowest BCUT2D eigenvalue weighted by atomic mass is 10.2. The van der Waals surface area contributed by atoms with E-state index in [9.17, 15) is 27.2 Å². The number of ether oxygens (including phenoxy) is 1. The Morgan fingerprint density at radius 2 is 1.29 bits per heavy atom. The lowest BCUT2D eigenvalue weighted by Gasteiger charge is -2.20. The van der Waals surface area contributed by atoms with Crippen LogP contribution in [0.4, 0.5) is 28.9 Å². The van der Waals surface area contributed by atoms with Gasteiger partial charge in [0.15, 0.2) is 0 Å². The molecule has 0 heterocycles. The van der Waals surface area contributed by atoms with Gasteiger partial charge in [-0.2, -0.15) is 17.6 Å². The zero-order valence-electron chi connectivity index (χ0n) is 15.8. The summed E-state index contributed by atoms with van der Waals surface area (Å²) in [6, 6.07) is 19.3. The Bertz CT molecular complexity index is 1060. The van der Waals surface area contributed by atoms with Crippen LogP contribution in [-0.4, -0.2) is 24.3 Å². The lowest BCUT2D eigenvalue weighted by molar-refractivity contribution is -0.252. The van der Waals surface area contributed by atoms with Crippen LogP contribution >= 0.6 is 0 Å². The molecule has 0 aliphatic carbocycles. The summed E-state index contributed by atoms with van der Waals surface area (Å²) in [6.45, 7) is 0. The number of hydrogen-bond donors (Lipinski definition) is 2. The SMILES string of the molecule is O=C(Nc1ccc(OC(F)(F)C(F)F)c(NC(=O)c2ccccc2)c1)c1ccccc1. The van der Waals surface area contributed by atoms with E-state index in [2.05, 4.69) is 15.4 Å². The number of alkyl halides is 4. The van der Waals surface area contributed by atoms with Crippen molar-refractivity contribution in [1.82, 2.24) is 0 Å². The monoisotopic (exact) mass is 432 g/mol. The molecule has 0 unspecified atom stereocenters. The Balaban J connectivity index is 1.90. The summed E-state index contributed by atoms with van der Waals surface area (Å²) < 4.78 is 56.2. The first-order chi connectivity index (χ1) is 14.8. The van der Waals surface area contributed by atoms with Crippen molar-refractivity contribution in [3.63, 3.8) is 0 Å². The van der Waals surface area contributed by atoms with E-state index in [1.807, 2.05) is 0 Å². The van der Waals surface area contributed by atoms with Crippen molar-refractivity contribution in [3.05, 3.63) is 90.0 Å². The zero-order valence-corrected chi connectivity index (χ0v) is 15.8. The molecule has 160 valence electrons. The molecule has 0 atom stereocenters. The maximum Gasteiger partial charge on any atom is 0.461 e. The molecule has 3 rings (SSSR count). The Hall–Kier alpha value is -3.88. The molecule has 0 saturated heterocycles. The van der Waals surface area contributed by atoms with E-state index in [0.717, 1.165) is 12.1 Å². The average Bonchev–Trinajstić information content (AvgIpc) is 2.76. The van der Waals surface area contributed by atoms with Crippen LogP contribution in [-0.2, 0) is 0 Å². The smallest absolute Gasteiger partial charge is 0.426 e. The van der Waals surface area contributed by atoms with Gasteiger partial charge in [0.2, 0.25) is 0 Å². The van der Waals surface area contributed by atoms with Crippen LogP contribution in [0.15, 0.2) is 78.9 Å². The number of carbonyl (C=O) groups is 2. The molecule has 3 aromatic rings. The number of hydrogen-bond acceptors (Lipinski definition) is 3. The molecule has 0 spiro atoms. The van der Waals surface area contributed by atoms with Gasteiger partial charge in [0, 0.05) is 16.8 Å². The Morgan fingerprint density at radius 3 is 1.81 bits per heavy atom. The summed E-state index contributed by atoms with van der Waals surface area (Å²) in [7, 11) is 0. The van der Waals surface area contributed by atoms with Crippen molar-refractivity contribution in [2.75, 3.05) is 10.6 Å². The molecule has 2 amide bonds. The topological polar surface area (TPSA) is 67.4 Å². The van der Waals surface area contributed by atoms with Gasteiger partial charge in [-0.1, -0.05) is 36.4 Å².